The number of nitrogens with zero attached hydrogens (tertiary/aromatic N) is 2. The summed E-state index contributed by atoms with van der Waals surface area (Å²) >= 11 is 0. The molecule has 3 aromatic carbocycles. The second-order valence-corrected chi connectivity index (χ2v) is 10.0. The van der Waals surface area contributed by atoms with Crippen LogP contribution < -0.4 is 16.0 Å². The Bertz CT molecular complexity index is 1600. The summed E-state index contributed by atoms with van der Waals surface area (Å²) in [5, 5.41) is 2.88. The van der Waals surface area contributed by atoms with Crippen molar-refractivity contribution in [3.8, 4) is 22.3 Å². The molecule has 0 spiro atoms. The van der Waals surface area contributed by atoms with Crippen LogP contribution in [0.3, 0.4) is 0 Å². The zero-order valence-electron chi connectivity index (χ0n) is 22.3. The van der Waals surface area contributed by atoms with Gasteiger partial charge in [-0.3, -0.25) is 15.1 Å². The number of nitrogens with two attached hydrogens (primary N) is 1. The van der Waals surface area contributed by atoms with E-state index in [4.69, 9.17) is 15.2 Å². The van der Waals surface area contributed by atoms with Gasteiger partial charge in [0.05, 0.1) is 13.2 Å². The number of ether oxygens (including phenoxy) is 2. The largest absolute Gasteiger partial charge is 0.444 e. The molecule has 40 heavy (non-hydrogen) atoms. The molecule has 3 N–H and O–H groups in total. The van der Waals surface area contributed by atoms with Crippen molar-refractivity contribution in [2.45, 2.75) is 20.0 Å². The van der Waals surface area contributed by atoms with Gasteiger partial charge in [-0.1, -0.05) is 48.5 Å². The third kappa shape index (κ3) is 4.89. The third-order valence-electron chi connectivity index (χ3n) is 7.59. The van der Waals surface area contributed by atoms with E-state index in [0.29, 0.717) is 31.0 Å². The van der Waals surface area contributed by atoms with Crippen molar-refractivity contribution in [1.82, 2.24) is 4.98 Å². The molecule has 1 aliphatic heterocycles. The first-order chi connectivity index (χ1) is 19.5. The van der Waals surface area contributed by atoms with Crippen molar-refractivity contribution in [2.24, 2.45) is 5.73 Å². The zero-order chi connectivity index (χ0) is 27.6. The molecule has 0 atom stereocenters. The fraction of sp³-hybridized carbons (Fsp3) is 0.219. The van der Waals surface area contributed by atoms with Gasteiger partial charge in [-0.2, -0.15) is 0 Å². The SMILES string of the molecule is Cc1c(NC(=O)OCc2ccccc2)cccc1-c1cnc(C(N)=O)c2c1-c1ccc(N3CCOCC3)cc1C2. The number of primary amides is 1. The number of nitrogens with one attached hydrogen (secondary N) is 1. The number of anilines is 2. The van der Waals surface area contributed by atoms with E-state index in [1.165, 1.54) is 0 Å². The number of morpholine rings is 1. The molecule has 1 saturated heterocycles. The van der Waals surface area contributed by atoms with Crippen LogP contribution in [0.1, 0.15) is 32.7 Å². The molecular formula is C32H30N4O4. The van der Waals surface area contributed by atoms with Gasteiger partial charge < -0.3 is 20.1 Å². The number of carbonyl (C=O) groups is 2. The molecule has 2 heterocycles. The average Bonchev–Trinajstić information content (AvgIpc) is 3.36. The van der Waals surface area contributed by atoms with Crippen molar-refractivity contribution in [1.29, 1.82) is 0 Å². The van der Waals surface area contributed by atoms with E-state index in [0.717, 1.165) is 63.3 Å². The second kappa shape index (κ2) is 10.8. The number of amides is 2. The maximum Gasteiger partial charge on any atom is 0.411 e. The number of aromatic nitrogens is 1. The lowest BCUT2D eigenvalue weighted by molar-refractivity contribution is 0.0994. The first-order valence-electron chi connectivity index (χ1n) is 13.3. The average molecular weight is 535 g/mol. The predicted molar refractivity (Wildman–Crippen MR) is 154 cm³/mol. The monoisotopic (exact) mass is 534 g/mol. The quantitative estimate of drug-likeness (QED) is 0.306. The highest BCUT2D eigenvalue weighted by molar-refractivity contribution is 6.01. The third-order valence-corrected chi connectivity index (χ3v) is 7.59. The molecule has 0 unspecified atom stereocenters. The second-order valence-electron chi connectivity index (χ2n) is 10.0. The summed E-state index contributed by atoms with van der Waals surface area (Å²) in [5.74, 6) is -0.544. The highest BCUT2D eigenvalue weighted by Gasteiger charge is 2.29. The topological polar surface area (TPSA) is 107 Å². The number of rotatable bonds is 6. The first-order valence-corrected chi connectivity index (χ1v) is 13.3. The summed E-state index contributed by atoms with van der Waals surface area (Å²) < 4.78 is 10.9. The van der Waals surface area contributed by atoms with Crippen molar-refractivity contribution >= 4 is 23.4 Å². The minimum atomic E-state index is -0.544. The van der Waals surface area contributed by atoms with Crippen LogP contribution >= 0.6 is 0 Å². The van der Waals surface area contributed by atoms with Gasteiger partial charge in [0.25, 0.3) is 5.91 Å². The number of hydrogen-bond donors (Lipinski definition) is 2. The van der Waals surface area contributed by atoms with Crippen LogP contribution in [0.4, 0.5) is 16.2 Å². The summed E-state index contributed by atoms with van der Waals surface area (Å²) in [4.78, 5) is 31.8. The minimum absolute atomic E-state index is 0.181. The Morgan fingerprint density at radius 3 is 2.58 bits per heavy atom. The molecule has 1 aliphatic carbocycles. The lowest BCUT2D eigenvalue weighted by Crippen LogP contribution is -2.36. The molecular weight excluding hydrogens is 504 g/mol. The lowest BCUT2D eigenvalue weighted by Gasteiger charge is -2.29. The highest BCUT2D eigenvalue weighted by Crippen LogP contribution is 2.46. The van der Waals surface area contributed by atoms with Gasteiger partial charge in [0, 0.05) is 42.6 Å². The lowest BCUT2D eigenvalue weighted by atomic mass is 9.92. The van der Waals surface area contributed by atoms with E-state index in [2.05, 4.69) is 33.4 Å². The van der Waals surface area contributed by atoms with Gasteiger partial charge in [-0.25, -0.2) is 4.79 Å². The van der Waals surface area contributed by atoms with Crippen LogP contribution in [0.5, 0.6) is 0 Å². The highest BCUT2D eigenvalue weighted by atomic mass is 16.5. The van der Waals surface area contributed by atoms with Crippen LogP contribution in [-0.2, 0) is 22.5 Å². The molecule has 1 fully saturated rings. The Balaban J connectivity index is 1.34. The van der Waals surface area contributed by atoms with Crippen LogP contribution in [0.2, 0.25) is 0 Å². The van der Waals surface area contributed by atoms with Crippen LogP contribution in [0, 0.1) is 6.92 Å². The Hall–Kier alpha value is -4.69. The maximum absolute atomic E-state index is 12.6. The molecule has 8 heteroatoms. The molecule has 0 radical (unpaired) electrons. The van der Waals surface area contributed by atoms with Gasteiger partial charge >= 0.3 is 6.09 Å². The number of benzene rings is 3. The predicted octanol–water partition coefficient (Wildman–Crippen LogP) is 5.31. The van der Waals surface area contributed by atoms with E-state index in [-0.39, 0.29) is 6.61 Å². The fourth-order valence-corrected chi connectivity index (χ4v) is 5.56. The van der Waals surface area contributed by atoms with Crippen molar-refractivity contribution in [3.05, 3.63) is 101 Å². The Labute approximate surface area is 232 Å². The molecule has 6 rings (SSSR count). The molecule has 2 aliphatic rings. The number of carbonyl (C=O) groups excluding carboxylic acids is 2. The molecule has 0 bridgehead atoms. The molecule has 1 aromatic heterocycles. The zero-order valence-corrected chi connectivity index (χ0v) is 22.3. The standard InChI is InChI=1S/C32H30N4O4/c1-20-24(8-5-9-28(20)35-32(38)40-19-21-6-3-2-4-7-21)27-18-34-30(31(33)37)26-17-22-16-23(10-11-25(22)29(26)27)36-12-14-39-15-13-36/h2-11,16,18H,12-15,17,19H2,1H3,(H2,33,37)(H,35,38). The van der Waals surface area contributed by atoms with Crippen molar-refractivity contribution < 1.29 is 19.1 Å². The van der Waals surface area contributed by atoms with Crippen LogP contribution in [-0.4, -0.2) is 43.3 Å². The molecule has 202 valence electrons. The summed E-state index contributed by atoms with van der Waals surface area (Å²) in [6.45, 7) is 5.24. The Kier molecular flexibility index (Phi) is 6.92. The summed E-state index contributed by atoms with van der Waals surface area (Å²) in [5.41, 5.74) is 15.4. The summed E-state index contributed by atoms with van der Waals surface area (Å²) in [7, 11) is 0. The molecule has 4 aromatic rings. The van der Waals surface area contributed by atoms with Crippen LogP contribution in [0.15, 0.2) is 72.9 Å². The molecule has 2 amide bonds. The van der Waals surface area contributed by atoms with E-state index in [1.54, 1.807) is 6.20 Å². The minimum Gasteiger partial charge on any atom is -0.444 e. The smallest absolute Gasteiger partial charge is 0.411 e. The van der Waals surface area contributed by atoms with E-state index in [1.807, 2.05) is 55.5 Å². The summed E-state index contributed by atoms with van der Waals surface area (Å²) in [6.07, 6.45) is 1.76. The van der Waals surface area contributed by atoms with Crippen molar-refractivity contribution in [2.75, 3.05) is 36.5 Å². The van der Waals surface area contributed by atoms with Gasteiger partial charge in [0.1, 0.15) is 12.3 Å². The number of fused-ring (bicyclic) bond motifs is 3. The van der Waals surface area contributed by atoms with Gasteiger partial charge in [-0.05, 0) is 64.1 Å². The molecule has 8 nitrogen and oxygen atoms in total. The first kappa shape index (κ1) is 25.6. The fourth-order valence-electron chi connectivity index (χ4n) is 5.56. The van der Waals surface area contributed by atoms with Gasteiger partial charge in [0.2, 0.25) is 0 Å². The van der Waals surface area contributed by atoms with E-state index in [9.17, 15) is 9.59 Å². The van der Waals surface area contributed by atoms with E-state index < -0.39 is 12.0 Å². The Morgan fingerprint density at radius 2 is 1.80 bits per heavy atom. The normalized spacial score (nSPS) is 13.9. The van der Waals surface area contributed by atoms with Crippen LogP contribution in [0.25, 0.3) is 22.3 Å². The summed E-state index contributed by atoms with van der Waals surface area (Å²) in [6, 6.07) is 21.7. The number of pyridine rings is 1. The Morgan fingerprint density at radius 1 is 1.00 bits per heavy atom. The maximum atomic E-state index is 12.6. The van der Waals surface area contributed by atoms with Gasteiger partial charge in [0.15, 0.2) is 0 Å². The van der Waals surface area contributed by atoms with Gasteiger partial charge in [-0.15, -0.1) is 0 Å². The van der Waals surface area contributed by atoms with Crippen molar-refractivity contribution in [3.63, 3.8) is 0 Å². The molecule has 0 saturated carbocycles. The van der Waals surface area contributed by atoms with E-state index >= 15 is 0 Å². The number of hydrogen-bond acceptors (Lipinski definition) is 6.